The maximum absolute atomic E-state index is 12.6. The van der Waals surface area contributed by atoms with Gasteiger partial charge < -0.3 is 30.4 Å². The molecule has 1 aromatic heterocycles. The van der Waals surface area contributed by atoms with Gasteiger partial charge in [0.2, 0.25) is 5.88 Å². The SMILES string of the molecule is CCC(CO)Oc1cc(Oc2cnc(C(=O)OC)cn2)cc(C(=O)N=C(N)/C=C\NC)c1. The predicted octanol–water partition coefficient (Wildman–Crippen LogP) is 1.44. The number of aliphatic hydroxyl groups excluding tert-OH is 1. The summed E-state index contributed by atoms with van der Waals surface area (Å²) in [5, 5.41) is 12.2. The largest absolute Gasteiger partial charge is 0.488 e. The number of rotatable bonds is 10. The number of aromatic nitrogens is 2. The number of aliphatic hydroxyl groups is 1. The number of hydrogen-bond acceptors (Lipinski definition) is 9. The van der Waals surface area contributed by atoms with E-state index >= 15 is 0 Å². The number of nitrogens with zero attached hydrogens (tertiary/aromatic N) is 3. The van der Waals surface area contributed by atoms with Crippen molar-refractivity contribution in [2.24, 2.45) is 10.7 Å². The Morgan fingerprint density at radius 3 is 2.59 bits per heavy atom. The average molecular weight is 443 g/mol. The molecule has 0 aliphatic heterocycles. The molecule has 1 amide bonds. The molecule has 0 fully saturated rings. The van der Waals surface area contributed by atoms with E-state index in [2.05, 4.69) is 25.0 Å². The molecule has 170 valence electrons. The third-order valence-corrected chi connectivity index (χ3v) is 3.99. The molecule has 11 nitrogen and oxygen atoms in total. The Balaban J connectivity index is 2.36. The highest BCUT2D eigenvalue weighted by molar-refractivity contribution is 6.06. The summed E-state index contributed by atoms with van der Waals surface area (Å²) in [6, 6.07) is 4.43. The van der Waals surface area contributed by atoms with E-state index in [4.69, 9.17) is 15.2 Å². The van der Waals surface area contributed by atoms with Crippen molar-refractivity contribution in [3.63, 3.8) is 0 Å². The Hall–Kier alpha value is -3.99. The van der Waals surface area contributed by atoms with E-state index in [1.165, 1.54) is 50.0 Å². The van der Waals surface area contributed by atoms with Crippen molar-refractivity contribution in [3.8, 4) is 17.4 Å². The minimum Gasteiger partial charge on any atom is -0.488 e. The molecule has 11 heteroatoms. The lowest BCUT2D eigenvalue weighted by molar-refractivity contribution is 0.0593. The fourth-order valence-electron chi connectivity index (χ4n) is 2.35. The quantitative estimate of drug-likeness (QED) is 0.279. The lowest BCUT2D eigenvalue weighted by Gasteiger charge is -2.16. The molecule has 2 rings (SSSR count). The molecule has 1 aromatic carbocycles. The van der Waals surface area contributed by atoms with Crippen LogP contribution in [0.3, 0.4) is 0 Å². The summed E-state index contributed by atoms with van der Waals surface area (Å²) in [7, 11) is 2.92. The van der Waals surface area contributed by atoms with Crippen molar-refractivity contribution >= 4 is 17.7 Å². The minimum absolute atomic E-state index is 0.00389. The van der Waals surface area contributed by atoms with E-state index in [-0.39, 0.29) is 41.1 Å². The first-order valence-electron chi connectivity index (χ1n) is 9.63. The Labute approximate surface area is 184 Å². The Kier molecular flexibility index (Phi) is 9.11. The topological polar surface area (TPSA) is 158 Å². The molecule has 1 unspecified atom stereocenters. The second-order valence-corrected chi connectivity index (χ2v) is 6.32. The number of nitrogens with two attached hydrogens (primary N) is 1. The van der Waals surface area contributed by atoms with Gasteiger partial charge in [0.25, 0.3) is 5.91 Å². The van der Waals surface area contributed by atoms with Crippen molar-refractivity contribution in [2.45, 2.75) is 19.4 Å². The molecule has 2 aromatic rings. The van der Waals surface area contributed by atoms with Crippen LogP contribution in [-0.4, -0.2) is 59.7 Å². The number of amidine groups is 1. The molecule has 0 spiro atoms. The van der Waals surface area contributed by atoms with Crippen LogP contribution < -0.4 is 20.5 Å². The van der Waals surface area contributed by atoms with Gasteiger partial charge in [0.1, 0.15) is 23.4 Å². The number of aliphatic imine (C=N–C) groups is 1. The monoisotopic (exact) mass is 443 g/mol. The van der Waals surface area contributed by atoms with Gasteiger partial charge >= 0.3 is 5.97 Å². The van der Waals surface area contributed by atoms with Crippen LogP contribution in [-0.2, 0) is 4.74 Å². The summed E-state index contributed by atoms with van der Waals surface area (Å²) in [5.41, 5.74) is 5.88. The number of hydrogen-bond donors (Lipinski definition) is 3. The van der Waals surface area contributed by atoms with E-state index in [0.717, 1.165) is 0 Å². The second-order valence-electron chi connectivity index (χ2n) is 6.32. The van der Waals surface area contributed by atoms with Crippen molar-refractivity contribution in [3.05, 3.63) is 54.1 Å². The smallest absolute Gasteiger partial charge is 0.358 e. The zero-order valence-electron chi connectivity index (χ0n) is 17.9. The number of benzene rings is 1. The number of amides is 1. The molecule has 32 heavy (non-hydrogen) atoms. The molecule has 0 radical (unpaired) electrons. The van der Waals surface area contributed by atoms with Crippen LogP contribution in [0, 0.1) is 0 Å². The van der Waals surface area contributed by atoms with Gasteiger partial charge in [-0.1, -0.05) is 6.92 Å². The number of nitrogens with one attached hydrogen (secondary N) is 1. The lowest BCUT2D eigenvalue weighted by Crippen LogP contribution is -2.20. The molecule has 0 saturated heterocycles. The first-order valence-corrected chi connectivity index (χ1v) is 9.63. The molecule has 0 saturated carbocycles. The van der Waals surface area contributed by atoms with Gasteiger partial charge in [0.05, 0.1) is 26.1 Å². The van der Waals surface area contributed by atoms with Gasteiger partial charge in [-0.25, -0.2) is 14.8 Å². The molecule has 0 bridgehead atoms. The van der Waals surface area contributed by atoms with Gasteiger partial charge in [-0.05, 0) is 30.8 Å². The normalized spacial score (nSPS) is 12.3. The summed E-state index contributed by atoms with van der Waals surface area (Å²) >= 11 is 0. The number of ether oxygens (including phenoxy) is 3. The predicted molar refractivity (Wildman–Crippen MR) is 116 cm³/mol. The minimum atomic E-state index is -0.635. The molecule has 0 aliphatic carbocycles. The van der Waals surface area contributed by atoms with Crippen LogP contribution in [0.1, 0.15) is 34.2 Å². The molecule has 0 aliphatic rings. The van der Waals surface area contributed by atoms with E-state index < -0.39 is 18.0 Å². The summed E-state index contributed by atoms with van der Waals surface area (Å²) in [4.78, 5) is 35.8. The van der Waals surface area contributed by atoms with Gasteiger partial charge in [0.15, 0.2) is 5.69 Å². The van der Waals surface area contributed by atoms with Gasteiger partial charge in [-0.2, -0.15) is 4.99 Å². The van der Waals surface area contributed by atoms with E-state index in [0.29, 0.717) is 6.42 Å². The van der Waals surface area contributed by atoms with Crippen molar-refractivity contribution in [2.75, 3.05) is 20.8 Å². The van der Waals surface area contributed by atoms with Crippen molar-refractivity contribution in [1.29, 1.82) is 0 Å². The second kappa shape index (κ2) is 12.0. The number of carbonyl (C=O) groups is 2. The molecule has 4 N–H and O–H groups in total. The summed E-state index contributed by atoms with van der Waals surface area (Å²) in [6.45, 7) is 1.65. The third-order valence-electron chi connectivity index (χ3n) is 3.99. The van der Waals surface area contributed by atoms with Gasteiger partial charge in [-0.3, -0.25) is 4.79 Å². The van der Waals surface area contributed by atoms with E-state index in [1.807, 2.05) is 6.92 Å². The Morgan fingerprint density at radius 2 is 2.00 bits per heavy atom. The van der Waals surface area contributed by atoms with Crippen LogP contribution in [0.4, 0.5) is 0 Å². The molecular formula is C21H25N5O6. The molecule has 1 atom stereocenters. The summed E-state index contributed by atoms with van der Waals surface area (Å²) < 4.78 is 16.0. The number of methoxy groups -OCH3 is 1. The fourth-order valence-corrected chi connectivity index (χ4v) is 2.35. The van der Waals surface area contributed by atoms with E-state index in [9.17, 15) is 14.7 Å². The van der Waals surface area contributed by atoms with E-state index in [1.54, 1.807) is 7.05 Å². The summed E-state index contributed by atoms with van der Waals surface area (Å²) in [6.07, 6.45) is 5.48. The number of carbonyl (C=O) groups excluding carboxylic acids is 2. The van der Waals surface area contributed by atoms with Gasteiger partial charge in [0, 0.05) is 18.7 Å². The highest BCUT2D eigenvalue weighted by Crippen LogP contribution is 2.28. The molecule has 1 heterocycles. The number of esters is 1. The molecular weight excluding hydrogens is 418 g/mol. The maximum Gasteiger partial charge on any atom is 0.358 e. The first kappa shape index (κ1) is 24.3. The van der Waals surface area contributed by atoms with Crippen LogP contribution in [0.25, 0.3) is 0 Å². The summed E-state index contributed by atoms with van der Waals surface area (Å²) in [5.74, 6) is -0.692. The zero-order chi connectivity index (χ0) is 23.5. The standard InChI is InChI=1S/C21H25N5O6/c1-4-14(12-27)31-15-7-13(20(28)26-18(22)5-6-23-2)8-16(9-15)32-19-11-24-17(10-25-19)21(29)30-3/h5-11,14,23,27H,4,12H2,1-3H3,(H2,22,26,28)/b6-5-. The van der Waals surface area contributed by atoms with Crippen molar-refractivity contribution in [1.82, 2.24) is 15.3 Å². The fraction of sp³-hybridized carbons (Fsp3) is 0.286. The van der Waals surface area contributed by atoms with Crippen LogP contribution in [0.5, 0.6) is 17.4 Å². The Morgan fingerprint density at radius 1 is 1.25 bits per heavy atom. The highest BCUT2D eigenvalue weighted by Gasteiger charge is 2.15. The zero-order valence-corrected chi connectivity index (χ0v) is 17.9. The van der Waals surface area contributed by atoms with Crippen LogP contribution >= 0.6 is 0 Å². The van der Waals surface area contributed by atoms with Gasteiger partial charge in [-0.15, -0.1) is 0 Å². The Bertz CT molecular complexity index is 987. The average Bonchev–Trinajstić information content (AvgIpc) is 2.80. The lowest BCUT2D eigenvalue weighted by atomic mass is 10.2. The maximum atomic E-state index is 12.6. The first-order chi connectivity index (χ1) is 15.4. The third kappa shape index (κ3) is 7.06. The highest BCUT2D eigenvalue weighted by atomic mass is 16.5. The van der Waals surface area contributed by atoms with Crippen LogP contribution in [0.15, 0.2) is 47.9 Å². The van der Waals surface area contributed by atoms with Crippen molar-refractivity contribution < 1.29 is 28.9 Å². The van der Waals surface area contributed by atoms with Crippen LogP contribution in [0.2, 0.25) is 0 Å².